The number of likely N-dealkylation sites (tertiary alicyclic amines) is 2. The van der Waals surface area contributed by atoms with E-state index in [1.165, 1.54) is 16.5 Å². The molecule has 45 heavy (non-hydrogen) atoms. The summed E-state index contributed by atoms with van der Waals surface area (Å²) in [5, 5.41) is 11.1. The van der Waals surface area contributed by atoms with Gasteiger partial charge in [0, 0.05) is 76.5 Å². The van der Waals surface area contributed by atoms with Gasteiger partial charge in [0.05, 0.1) is 18.1 Å². The first kappa shape index (κ1) is 32.1. The summed E-state index contributed by atoms with van der Waals surface area (Å²) in [5.41, 5.74) is 2.31. The molecule has 3 amide bonds. The Labute approximate surface area is 260 Å². The van der Waals surface area contributed by atoms with Gasteiger partial charge in [0.15, 0.2) is 5.78 Å². The molecule has 13 nitrogen and oxygen atoms in total. The lowest BCUT2D eigenvalue weighted by Gasteiger charge is -2.25. The first-order valence-corrected chi connectivity index (χ1v) is 15.2. The SMILES string of the molecule is COCCCNCCN1CC(NC(=O)[C@@H]2C[C@@H](F)CN2C(=O)Cn2nc(C(C)=O)c3cc(-c4cnc(C)nc4)ccc32)CC1=O. The predicted molar refractivity (Wildman–Crippen MR) is 163 cm³/mol. The summed E-state index contributed by atoms with van der Waals surface area (Å²) >= 11 is 0. The molecule has 2 aromatic heterocycles. The minimum absolute atomic E-state index is 0.0633. The van der Waals surface area contributed by atoms with Crippen molar-refractivity contribution >= 4 is 34.4 Å². The Morgan fingerprint density at radius 1 is 1.11 bits per heavy atom. The lowest BCUT2D eigenvalue weighted by atomic mass is 10.0. The van der Waals surface area contributed by atoms with E-state index in [4.69, 9.17) is 4.74 Å². The number of ketones is 1. The van der Waals surface area contributed by atoms with Gasteiger partial charge in [-0.3, -0.25) is 23.9 Å². The minimum Gasteiger partial charge on any atom is -0.385 e. The van der Waals surface area contributed by atoms with Crippen molar-refractivity contribution in [2.45, 2.75) is 57.9 Å². The standard InChI is InChI=1S/C31H39FN8O5/c1-19(41)30-25-11-21(22-14-34-20(2)35-15-22)5-6-26(25)40(37-30)18-29(43)39-16-23(32)12-27(39)31(44)36-24-13-28(42)38(17-24)9-8-33-7-4-10-45-3/h5-6,11,14-15,23-24,27,33H,4,7-10,12-13,16-18H2,1-3H3,(H,36,44)/t23-,24?,27+/m1/s1. The number of aromatic nitrogens is 4. The molecule has 14 heteroatoms. The number of nitrogens with zero attached hydrogens (tertiary/aromatic N) is 6. The van der Waals surface area contributed by atoms with E-state index in [1.807, 2.05) is 6.07 Å². The summed E-state index contributed by atoms with van der Waals surface area (Å²) in [4.78, 5) is 63.2. The van der Waals surface area contributed by atoms with Crippen LogP contribution in [0.3, 0.4) is 0 Å². The topological polar surface area (TPSA) is 152 Å². The molecule has 0 saturated carbocycles. The average molecular weight is 623 g/mol. The first-order valence-electron chi connectivity index (χ1n) is 15.2. The van der Waals surface area contributed by atoms with Crippen LogP contribution in [0.15, 0.2) is 30.6 Å². The summed E-state index contributed by atoms with van der Waals surface area (Å²) in [5.74, 6) is -0.675. The van der Waals surface area contributed by atoms with Crippen molar-refractivity contribution in [1.82, 2.24) is 40.2 Å². The Morgan fingerprint density at radius 2 is 1.89 bits per heavy atom. The minimum atomic E-state index is -1.36. The lowest BCUT2D eigenvalue weighted by molar-refractivity contribution is -0.139. The zero-order valence-corrected chi connectivity index (χ0v) is 25.8. The van der Waals surface area contributed by atoms with E-state index in [1.54, 1.807) is 43.5 Å². The third-order valence-electron chi connectivity index (χ3n) is 8.18. The number of carbonyl (C=O) groups excluding carboxylic acids is 4. The van der Waals surface area contributed by atoms with E-state index in [0.717, 1.165) is 24.1 Å². The highest BCUT2D eigenvalue weighted by Crippen LogP contribution is 2.28. The van der Waals surface area contributed by atoms with E-state index in [9.17, 15) is 23.6 Å². The molecule has 1 unspecified atom stereocenters. The molecule has 5 rings (SSSR count). The Hall–Kier alpha value is -4.30. The maximum Gasteiger partial charge on any atom is 0.245 e. The number of fused-ring (bicyclic) bond motifs is 1. The number of methoxy groups -OCH3 is 1. The number of halogens is 1. The third-order valence-corrected chi connectivity index (χ3v) is 8.18. The van der Waals surface area contributed by atoms with Gasteiger partial charge in [-0.25, -0.2) is 14.4 Å². The Balaban J connectivity index is 1.24. The summed E-state index contributed by atoms with van der Waals surface area (Å²) in [7, 11) is 1.65. The highest BCUT2D eigenvalue weighted by atomic mass is 19.1. The fourth-order valence-corrected chi connectivity index (χ4v) is 5.87. The molecule has 2 fully saturated rings. The monoisotopic (exact) mass is 622 g/mol. The summed E-state index contributed by atoms with van der Waals surface area (Å²) in [6.07, 6.45) is 2.91. The quantitative estimate of drug-likeness (QED) is 0.212. The van der Waals surface area contributed by atoms with Crippen molar-refractivity contribution in [2.24, 2.45) is 0 Å². The van der Waals surface area contributed by atoms with E-state index >= 15 is 0 Å². The third kappa shape index (κ3) is 7.51. The Morgan fingerprint density at radius 3 is 2.62 bits per heavy atom. The van der Waals surface area contributed by atoms with E-state index in [-0.39, 0.29) is 43.3 Å². The summed E-state index contributed by atoms with van der Waals surface area (Å²) in [6, 6.07) is 3.97. The molecule has 3 aromatic rings. The van der Waals surface area contributed by atoms with Crippen molar-refractivity contribution < 1.29 is 28.3 Å². The molecule has 0 radical (unpaired) electrons. The van der Waals surface area contributed by atoms with Gasteiger partial charge in [0.1, 0.15) is 30.3 Å². The Kier molecular flexibility index (Phi) is 10.1. The average Bonchev–Trinajstić information content (AvgIpc) is 3.69. The van der Waals surface area contributed by atoms with E-state index in [2.05, 4.69) is 25.7 Å². The summed E-state index contributed by atoms with van der Waals surface area (Å²) < 4.78 is 21.1. The number of rotatable bonds is 13. The number of alkyl halides is 1. The smallest absolute Gasteiger partial charge is 0.245 e. The number of Topliss-reactive ketones (excluding diaryl/α,β-unsaturated/α-hetero) is 1. The van der Waals surface area contributed by atoms with E-state index in [0.29, 0.717) is 43.0 Å². The first-order chi connectivity index (χ1) is 21.6. The van der Waals surface area contributed by atoms with Crippen molar-refractivity contribution in [2.75, 3.05) is 46.4 Å². The van der Waals surface area contributed by atoms with Crippen LogP contribution in [-0.4, -0.2) is 118 Å². The highest BCUT2D eigenvalue weighted by Gasteiger charge is 2.41. The number of benzene rings is 1. The fourth-order valence-electron chi connectivity index (χ4n) is 5.87. The maximum absolute atomic E-state index is 14.6. The number of carbonyl (C=O) groups is 4. The van der Waals surface area contributed by atoms with Gasteiger partial charge >= 0.3 is 0 Å². The maximum atomic E-state index is 14.6. The van der Waals surface area contributed by atoms with Gasteiger partial charge in [-0.05, 0) is 37.6 Å². The number of ether oxygens (including phenoxy) is 1. The molecule has 240 valence electrons. The largest absolute Gasteiger partial charge is 0.385 e. The van der Waals surface area contributed by atoms with Gasteiger partial charge in [0.2, 0.25) is 17.7 Å². The number of hydrogen-bond acceptors (Lipinski definition) is 9. The fraction of sp³-hybridized carbons (Fsp3) is 0.516. The molecule has 0 bridgehead atoms. The van der Waals surface area contributed by atoms with Gasteiger partial charge < -0.3 is 25.2 Å². The molecule has 2 aliphatic heterocycles. The van der Waals surface area contributed by atoms with Crippen LogP contribution >= 0.6 is 0 Å². The van der Waals surface area contributed by atoms with Crippen molar-refractivity contribution in [3.8, 4) is 11.1 Å². The second-order valence-corrected chi connectivity index (χ2v) is 11.6. The van der Waals surface area contributed by atoms with Gasteiger partial charge in [-0.15, -0.1) is 0 Å². The Bertz CT molecular complexity index is 1560. The van der Waals surface area contributed by atoms with E-state index < -0.39 is 30.1 Å². The molecular weight excluding hydrogens is 583 g/mol. The van der Waals surface area contributed by atoms with Crippen LogP contribution < -0.4 is 10.6 Å². The van der Waals surface area contributed by atoms with Gasteiger partial charge in [-0.2, -0.15) is 5.10 Å². The molecule has 0 aliphatic carbocycles. The molecule has 4 heterocycles. The summed E-state index contributed by atoms with van der Waals surface area (Å²) in [6.45, 7) is 5.62. The van der Waals surface area contributed by atoms with Gasteiger partial charge in [0.25, 0.3) is 0 Å². The van der Waals surface area contributed by atoms with Crippen LogP contribution in [0.1, 0.15) is 42.5 Å². The van der Waals surface area contributed by atoms with Crippen LogP contribution in [0.2, 0.25) is 0 Å². The molecule has 0 spiro atoms. The van der Waals surface area contributed by atoms with Crippen LogP contribution in [0.5, 0.6) is 0 Å². The van der Waals surface area contributed by atoms with Crippen LogP contribution in [0, 0.1) is 6.92 Å². The number of nitrogens with one attached hydrogen (secondary N) is 2. The van der Waals surface area contributed by atoms with Crippen LogP contribution in [-0.2, 0) is 25.7 Å². The van der Waals surface area contributed by atoms with Crippen molar-refractivity contribution in [1.29, 1.82) is 0 Å². The molecule has 2 N–H and O–H groups in total. The number of amides is 3. The second kappa shape index (κ2) is 14.2. The number of aryl methyl sites for hydroxylation is 1. The molecule has 1 aromatic carbocycles. The molecule has 2 saturated heterocycles. The van der Waals surface area contributed by atoms with Crippen LogP contribution in [0.25, 0.3) is 22.0 Å². The zero-order valence-electron chi connectivity index (χ0n) is 25.8. The van der Waals surface area contributed by atoms with Crippen molar-refractivity contribution in [3.63, 3.8) is 0 Å². The highest BCUT2D eigenvalue weighted by molar-refractivity contribution is 6.06. The molecular formula is C31H39FN8O5. The lowest BCUT2D eigenvalue weighted by Crippen LogP contribution is -2.50. The molecule has 3 atom stereocenters. The zero-order chi connectivity index (χ0) is 32.1. The molecule has 2 aliphatic rings. The predicted octanol–water partition coefficient (Wildman–Crippen LogP) is 1.29. The number of hydrogen-bond donors (Lipinski definition) is 2. The normalized spacial score (nSPS) is 19.9. The van der Waals surface area contributed by atoms with Crippen LogP contribution in [0.4, 0.5) is 4.39 Å². The van der Waals surface area contributed by atoms with Gasteiger partial charge in [-0.1, -0.05) is 6.07 Å². The second-order valence-electron chi connectivity index (χ2n) is 11.6. The van der Waals surface area contributed by atoms with Crippen molar-refractivity contribution in [3.05, 3.63) is 42.1 Å².